The molecule has 6 nitrogen and oxygen atoms in total. The van der Waals surface area contributed by atoms with E-state index in [1.54, 1.807) is 6.08 Å². The van der Waals surface area contributed by atoms with Gasteiger partial charge in [0.1, 0.15) is 13.2 Å². The molecule has 0 fully saturated rings. The molecule has 0 aliphatic rings. The van der Waals surface area contributed by atoms with Gasteiger partial charge in [-0.05, 0) is 44.9 Å². The smallest absolute Gasteiger partial charge is 0.310 e. The number of esters is 3. The van der Waals surface area contributed by atoms with Gasteiger partial charge in [0.2, 0.25) is 0 Å². The van der Waals surface area contributed by atoms with Crippen molar-refractivity contribution in [2.24, 2.45) is 0 Å². The largest absolute Gasteiger partial charge is 0.462 e. The summed E-state index contributed by atoms with van der Waals surface area (Å²) < 4.78 is 16.6. The van der Waals surface area contributed by atoms with Crippen molar-refractivity contribution in [3.05, 3.63) is 60.8 Å². The molecule has 0 N–H and O–H groups in total. The van der Waals surface area contributed by atoms with E-state index in [4.69, 9.17) is 14.2 Å². The minimum absolute atomic E-state index is 0.101. The molecule has 0 aromatic carbocycles. The van der Waals surface area contributed by atoms with Gasteiger partial charge in [0.25, 0.3) is 0 Å². The minimum atomic E-state index is -0.823. The summed E-state index contributed by atoms with van der Waals surface area (Å²) in [6, 6.07) is 0. The molecule has 63 heavy (non-hydrogen) atoms. The third kappa shape index (κ3) is 50.0. The van der Waals surface area contributed by atoms with Crippen LogP contribution in [0.1, 0.15) is 265 Å². The summed E-state index contributed by atoms with van der Waals surface area (Å²) in [6.07, 6.45) is 64.0. The lowest BCUT2D eigenvalue weighted by atomic mass is 10.0. The molecule has 0 rings (SSSR count). The Kier molecular flexibility index (Phi) is 49.4. The standard InChI is InChI=1S/C57H100O6/c1-4-7-10-13-16-19-21-23-25-26-27-28-29-30-31-33-34-36-38-41-44-47-50-56(59)62-53-54(52-61-55(58)49-46-43-40-18-15-12-9-6-3)63-57(60)51-48-45-42-39-37-35-32-24-22-20-17-14-11-8-5-2/h8,11,17,20,24,32,37,39,45,48,54H,4-7,9-10,12-16,18-19,21-23,25-31,33-36,38,40-44,46-47,49-53H2,1-3H3/b11-8-,20-17-,32-24-,39-37-,48-45-. The lowest BCUT2D eigenvalue weighted by molar-refractivity contribution is -0.166. The Morgan fingerprint density at radius 1 is 0.333 bits per heavy atom. The van der Waals surface area contributed by atoms with Gasteiger partial charge in [-0.1, -0.05) is 261 Å². The van der Waals surface area contributed by atoms with Gasteiger partial charge >= 0.3 is 17.9 Å². The molecule has 0 spiro atoms. The van der Waals surface area contributed by atoms with E-state index in [1.165, 1.54) is 154 Å². The van der Waals surface area contributed by atoms with Crippen molar-refractivity contribution < 1.29 is 28.6 Å². The van der Waals surface area contributed by atoms with Crippen molar-refractivity contribution in [2.75, 3.05) is 13.2 Å². The average molecular weight is 881 g/mol. The summed E-state index contributed by atoms with van der Waals surface area (Å²) in [7, 11) is 0. The van der Waals surface area contributed by atoms with E-state index in [0.717, 1.165) is 70.6 Å². The topological polar surface area (TPSA) is 78.9 Å². The van der Waals surface area contributed by atoms with Crippen LogP contribution >= 0.6 is 0 Å². The fourth-order valence-corrected chi connectivity index (χ4v) is 7.58. The maximum Gasteiger partial charge on any atom is 0.310 e. The fourth-order valence-electron chi connectivity index (χ4n) is 7.58. The number of hydrogen-bond donors (Lipinski definition) is 0. The SMILES string of the molecule is CC/C=C\C/C=C\C/C=C\C/C=C\C/C=C\CC(=O)OC(COC(=O)CCCCCCCCCC)COC(=O)CCCCCCCCCCCCCCCCCCCCCCCC. The van der Waals surface area contributed by atoms with Gasteiger partial charge in [-0.15, -0.1) is 0 Å². The number of ether oxygens (including phenoxy) is 3. The predicted molar refractivity (Wildman–Crippen MR) is 270 cm³/mol. The summed E-state index contributed by atoms with van der Waals surface area (Å²) in [4.78, 5) is 37.8. The first-order chi connectivity index (χ1) is 31.0. The lowest BCUT2D eigenvalue weighted by Crippen LogP contribution is -2.30. The van der Waals surface area contributed by atoms with Crippen molar-refractivity contribution in [1.29, 1.82) is 0 Å². The van der Waals surface area contributed by atoms with Gasteiger partial charge in [0.05, 0.1) is 6.42 Å². The highest BCUT2D eigenvalue weighted by Crippen LogP contribution is 2.16. The van der Waals surface area contributed by atoms with Gasteiger partial charge < -0.3 is 14.2 Å². The number of rotatable bonds is 48. The second-order valence-electron chi connectivity index (χ2n) is 17.8. The number of unbranched alkanes of at least 4 members (excludes halogenated alkanes) is 28. The molecule has 0 amide bonds. The molecule has 6 heteroatoms. The van der Waals surface area contributed by atoms with Crippen molar-refractivity contribution >= 4 is 17.9 Å². The van der Waals surface area contributed by atoms with Gasteiger partial charge in [0, 0.05) is 12.8 Å². The lowest BCUT2D eigenvalue weighted by Gasteiger charge is -2.18. The highest BCUT2D eigenvalue weighted by Gasteiger charge is 2.19. The molecule has 0 saturated carbocycles. The normalized spacial score (nSPS) is 12.5. The molecule has 0 aromatic rings. The summed E-state index contributed by atoms with van der Waals surface area (Å²) >= 11 is 0. The third-order valence-corrected chi connectivity index (χ3v) is 11.6. The van der Waals surface area contributed by atoms with Gasteiger partial charge in [-0.25, -0.2) is 0 Å². The van der Waals surface area contributed by atoms with Crippen LogP contribution in [0.3, 0.4) is 0 Å². The predicted octanol–water partition coefficient (Wildman–Crippen LogP) is 17.6. The molecule has 0 aliphatic heterocycles. The zero-order valence-corrected chi connectivity index (χ0v) is 41.6. The summed E-state index contributed by atoms with van der Waals surface area (Å²) in [5.74, 6) is -1.04. The molecule has 364 valence electrons. The van der Waals surface area contributed by atoms with Crippen LogP contribution in [0.25, 0.3) is 0 Å². The summed E-state index contributed by atoms with van der Waals surface area (Å²) in [6.45, 7) is 6.43. The van der Waals surface area contributed by atoms with E-state index >= 15 is 0 Å². The highest BCUT2D eigenvalue weighted by atomic mass is 16.6. The first-order valence-electron chi connectivity index (χ1n) is 26.8. The van der Waals surface area contributed by atoms with Crippen LogP contribution < -0.4 is 0 Å². The van der Waals surface area contributed by atoms with E-state index in [9.17, 15) is 14.4 Å². The maximum absolute atomic E-state index is 12.7. The highest BCUT2D eigenvalue weighted by molar-refractivity contribution is 5.72. The molecule has 1 unspecified atom stereocenters. The Bertz CT molecular complexity index is 1150. The summed E-state index contributed by atoms with van der Waals surface area (Å²) in [5.41, 5.74) is 0. The van der Waals surface area contributed by atoms with Crippen molar-refractivity contribution in [3.8, 4) is 0 Å². The van der Waals surface area contributed by atoms with Gasteiger partial charge in [-0.3, -0.25) is 14.4 Å². The Labute approximate surface area is 390 Å². The van der Waals surface area contributed by atoms with Crippen LogP contribution in [0, 0.1) is 0 Å². The molecule has 0 aromatic heterocycles. The van der Waals surface area contributed by atoms with Gasteiger partial charge in [-0.2, -0.15) is 0 Å². The first-order valence-corrected chi connectivity index (χ1v) is 26.8. The van der Waals surface area contributed by atoms with Crippen LogP contribution in [0.4, 0.5) is 0 Å². The molecule has 0 bridgehead atoms. The van der Waals surface area contributed by atoms with Crippen LogP contribution in [0.15, 0.2) is 60.8 Å². The fraction of sp³-hybridized carbons (Fsp3) is 0.772. The van der Waals surface area contributed by atoms with E-state index in [0.29, 0.717) is 12.8 Å². The Morgan fingerprint density at radius 2 is 0.603 bits per heavy atom. The zero-order chi connectivity index (χ0) is 45.8. The molecule has 0 saturated heterocycles. The third-order valence-electron chi connectivity index (χ3n) is 11.6. The van der Waals surface area contributed by atoms with E-state index in [2.05, 4.69) is 69.4 Å². The molecule has 1 atom stereocenters. The van der Waals surface area contributed by atoms with Gasteiger partial charge in [0.15, 0.2) is 6.10 Å². The van der Waals surface area contributed by atoms with Crippen LogP contribution in [-0.2, 0) is 28.6 Å². The van der Waals surface area contributed by atoms with E-state index in [1.807, 2.05) is 6.08 Å². The molecule has 0 heterocycles. The number of hydrogen-bond acceptors (Lipinski definition) is 6. The Balaban J connectivity index is 4.28. The zero-order valence-electron chi connectivity index (χ0n) is 41.6. The molecule has 0 radical (unpaired) electrons. The average Bonchev–Trinajstić information content (AvgIpc) is 3.28. The monoisotopic (exact) mass is 881 g/mol. The quantitative estimate of drug-likeness (QED) is 0.0262. The number of allylic oxidation sites excluding steroid dienone is 9. The van der Waals surface area contributed by atoms with Crippen molar-refractivity contribution in [2.45, 2.75) is 271 Å². The first kappa shape index (κ1) is 60.1. The molecular formula is C57H100O6. The maximum atomic E-state index is 12.7. The second kappa shape index (κ2) is 51.7. The minimum Gasteiger partial charge on any atom is -0.462 e. The van der Waals surface area contributed by atoms with Crippen molar-refractivity contribution in [3.63, 3.8) is 0 Å². The van der Waals surface area contributed by atoms with Crippen LogP contribution in [0.2, 0.25) is 0 Å². The second-order valence-corrected chi connectivity index (χ2v) is 17.8. The molecular weight excluding hydrogens is 781 g/mol. The molecule has 0 aliphatic carbocycles. The van der Waals surface area contributed by atoms with Crippen molar-refractivity contribution in [1.82, 2.24) is 0 Å². The summed E-state index contributed by atoms with van der Waals surface area (Å²) in [5, 5.41) is 0. The van der Waals surface area contributed by atoms with Crippen LogP contribution in [-0.4, -0.2) is 37.2 Å². The van der Waals surface area contributed by atoms with Crippen LogP contribution in [0.5, 0.6) is 0 Å². The van der Waals surface area contributed by atoms with E-state index in [-0.39, 0.29) is 31.6 Å². The van der Waals surface area contributed by atoms with E-state index < -0.39 is 12.1 Å². The number of carbonyl (C=O) groups excluding carboxylic acids is 3. The number of carbonyl (C=O) groups is 3. The Hall–Kier alpha value is -2.89. The Morgan fingerprint density at radius 3 is 0.905 bits per heavy atom.